The smallest absolute Gasteiger partial charge is 0.125 e. The Morgan fingerprint density at radius 3 is 2.94 bits per heavy atom. The number of benzene rings is 1. The van der Waals surface area contributed by atoms with Crippen LogP contribution in [-0.2, 0) is 10.3 Å². The minimum atomic E-state index is -0.316. The predicted octanol–water partition coefficient (Wildman–Crippen LogP) is 2.44. The minimum absolute atomic E-state index is 0.212. The van der Waals surface area contributed by atoms with Crippen molar-refractivity contribution in [2.24, 2.45) is 5.73 Å². The van der Waals surface area contributed by atoms with E-state index in [4.69, 9.17) is 15.2 Å². The SMILES string of the molecule is CCOc1ccccc1C1(C)CC(N)CCO1. The molecule has 2 unspecified atom stereocenters. The molecule has 0 spiro atoms. The fraction of sp³-hybridized carbons (Fsp3) is 0.571. The second-order valence-electron chi connectivity index (χ2n) is 4.76. The van der Waals surface area contributed by atoms with Crippen LogP contribution in [0.4, 0.5) is 0 Å². The average molecular weight is 235 g/mol. The Bertz CT molecular complexity index is 380. The summed E-state index contributed by atoms with van der Waals surface area (Å²) < 4.78 is 11.6. The molecule has 0 radical (unpaired) electrons. The molecule has 1 saturated heterocycles. The fourth-order valence-electron chi connectivity index (χ4n) is 2.47. The molecule has 1 aliphatic rings. The molecule has 1 aromatic carbocycles. The highest BCUT2D eigenvalue weighted by Crippen LogP contribution is 2.39. The summed E-state index contributed by atoms with van der Waals surface area (Å²) in [5.41, 5.74) is 6.84. The Labute approximate surface area is 103 Å². The molecular weight excluding hydrogens is 214 g/mol. The van der Waals surface area contributed by atoms with E-state index in [0.29, 0.717) is 6.61 Å². The van der Waals surface area contributed by atoms with Gasteiger partial charge in [-0.3, -0.25) is 0 Å². The van der Waals surface area contributed by atoms with E-state index in [1.54, 1.807) is 0 Å². The van der Waals surface area contributed by atoms with Gasteiger partial charge in [-0.25, -0.2) is 0 Å². The number of para-hydroxylation sites is 1. The van der Waals surface area contributed by atoms with Crippen LogP contribution in [0.15, 0.2) is 24.3 Å². The highest BCUT2D eigenvalue weighted by Gasteiger charge is 2.35. The van der Waals surface area contributed by atoms with E-state index in [-0.39, 0.29) is 11.6 Å². The summed E-state index contributed by atoms with van der Waals surface area (Å²) in [5.74, 6) is 0.909. The van der Waals surface area contributed by atoms with Crippen molar-refractivity contribution in [3.63, 3.8) is 0 Å². The van der Waals surface area contributed by atoms with Crippen LogP contribution in [0.25, 0.3) is 0 Å². The van der Waals surface area contributed by atoms with Gasteiger partial charge in [0, 0.05) is 18.2 Å². The van der Waals surface area contributed by atoms with Crippen molar-refractivity contribution in [1.29, 1.82) is 0 Å². The highest BCUT2D eigenvalue weighted by molar-refractivity contribution is 5.38. The lowest BCUT2D eigenvalue weighted by molar-refractivity contribution is -0.0778. The molecule has 2 N–H and O–H groups in total. The van der Waals surface area contributed by atoms with Crippen molar-refractivity contribution in [2.75, 3.05) is 13.2 Å². The zero-order valence-electron chi connectivity index (χ0n) is 10.6. The predicted molar refractivity (Wildman–Crippen MR) is 68.1 cm³/mol. The van der Waals surface area contributed by atoms with Gasteiger partial charge in [0.2, 0.25) is 0 Å². The molecule has 0 aliphatic carbocycles. The van der Waals surface area contributed by atoms with Gasteiger partial charge in [-0.15, -0.1) is 0 Å². The molecule has 3 heteroatoms. The lowest BCUT2D eigenvalue weighted by Gasteiger charge is -2.38. The van der Waals surface area contributed by atoms with Crippen LogP contribution in [0.1, 0.15) is 32.3 Å². The van der Waals surface area contributed by atoms with Crippen LogP contribution in [0.5, 0.6) is 5.75 Å². The van der Waals surface area contributed by atoms with Gasteiger partial charge in [0.05, 0.1) is 12.2 Å². The first kappa shape index (κ1) is 12.4. The molecule has 0 aromatic heterocycles. The molecule has 1 aromatic rings. The number of rotatable bonds is 3. The second kappa shape index (κ2) is 5.07. The quantitative estimate of drug-likeness (QED) is 0.875. The zero-order valence-corrected chi connectivity index (χ0v) is 10.6. The first-order valence-electron chi connectivity index (χ1n) is 6.27. The third-order valence-corrected chi connectivity index (χ3v) is 3.32. The minimum Gasteiger partial charge on any atom is -0.493 e. The van der Waals surface area contributed by atoms with Gasteiger partial charge in [-0.2, -0.15) is 0 Å². The molecule has 1 aliphatic heterocycles. The lowest BCUT2D eigenvalue weighted by Crippen LogP contribution is -2.41. The van der Waals surface area contributed by atoms with Gasteiger partial charge in [0.1, 0.15) is 5.75 Å². The second-order valence-corrected chi connectivity index (χ2v) is 4.76. The Balaban J connectivity index is 2.31. The maximum atomic E-state index is 6.05. The van der Waals surface area contributed by atoms with Gasteiger partial charge in [-0.05, 0) is 32.8 Å². The van der Waals surface area contributed by atoms with E-state index in [1.165, 1.54) is 0 Å². The zero-order chi connectivity index (χ0) is 12.3. The van der Waals surface area contributed by atoms with Crippen LogP contribution in [0.3, 0.4) is 0 Å². The number of hydrogen-bond donors (Lipinski definition) is 1. The van der Waals surface area contributed by atoms with Crippen LogP contribution in [-0.4, -0.2) is 19.3 Å². The molecule has 1 fully saturated rings. The third kappa shape index (κ3) is 2.61. The van der Waals surface area contributed by atoms with Gasteiger partial charge in [-0.1, -0.05) is 18.2 Å². The molecule has 17 heavy (non-hydrogen) atoms. The van der Waals surface area contributed by atoms with E-state index in [0.717, 1.165) is 30.8 Å². The normalized spacial score (nSPS) is 29.0. The molecular formula is C14H21NO2. The van der Waals surface area contributed by atoms with Crippen molar-refractivity contribution in [2.45, 2.75) is 38.3 Å². The summed E-state index contributed by atoms with van der Waals surface area (Å²) >= 11 is 0. The molecule has 0 saturated carbocycles. The van der Waals surface area contributed by atoms with E-state index in [2.05, 4.69) is 13.0 Å². The topological polar surface area (TPSA) is 44.5 Å². The first-order valence-corrected chi connectivity index (χ1v) is 6.27. The molecule has 3 nitrogen and oxygen atoms in total. The standard InChI is InChI=1S/C14H21NO2/c1-3-16-13-7-5-4-6-12(13)14(2)10-11(15)8-9-17-14/h4-7,11H,3,8-10,15H2,1-2H3. The Kier molecular flexibility index (Phi) is 3.69. The van der Waals surface area contributed by atoms with Crippen LogP contribution < -0.4 is 10.5 Å². The largest absolute Gasteiger partial charge is 0.493 e. The average Bonchev–Trinajstić information content (AvgIpc) is 2.30. The summed E-state index contributed by atoms with van der Waals surface area (Å²) in [6, 6.07) is 8.28. The Hall–Kier alpha value is -1.06. The molecule has 2 rings (SSSR count). The maximum Gasteiger partial charge on any atom is 0.125 e. The van der Waals surface area contributed by atoms with Crippen LogP contribution >= 0.6 is 0 Å². The van der Waals surface area contributed by atoms with Gasteiger partial charge >= 0.3 is 0 Å². The van der Waals surface area contributed by atoms with Gasteiger partial charge in [0.25, 0.3) is 0 Å². The van der Waals surface area contributed by atoms with Gasteiger partial charge in [0.15, 0.2) is 0 Å². The van der Waals surface area contributed by atoms with Crippen molar-refractivity contribution in [3.8, 4) is 5.75 Å². The molecule has 1 heterocycles. The van der Waals surface area contributed by atoms with Crippen LogP contribution in [0.2, 0.25) is 0 Å². The Morgan fingerprint density at radius 1 is 1.47 bits per heavy atom. The maximum absolute atomic E-state index is 6.05. The van der Waals surface area contributed by atoms with Gasteiger partial charge < -0.3 is 15.2 Å². The summed E-state index contributed by atoms with van der Waals surface area (Å²) in [5, 5.41) is 0. The molecule has 94 valence electrons. The van der Waals surface area contributed by atoms with E-state index in [1.807, 2.05) is 25.1 Å². The van der Waals surface area contributed by atoms with E-state index < -0.39 is 0 Å². The summed E-state index contributed by atoms with van der Waals surface area (Å²) in [4.78, 5) is 0. The van der Waals surface area contributed by atoms with Crippen molar-refractivity contribution in [1.82, 2.24) is 0 Å². The molecule has 0 bridgehead atoms. The van der Waals surface area contributed by atoms with E-state index >= 15 is 0 Å². The van der Waals surface area contributed by atoms with Crippen molar-refractivity contribution in [3.05, 3.63) is 29.8 Å². The van der Waals surface area contributed by atoms with Crippen molar-refractivity contribution < 1.29 is 9.47 Å². The molecule has 0 amide bonds. The summed E-state index contributed by atoms with van der Waals surface area (Å²) in [6.45, 7) is 5.48. The first-order chi connectivity index (χ1) is 8.15. The van der Waals surface area contributed by atoms with Crippen LogP contribution in [0, 0.1) is 0 Å². The third-order valence-electron chi connectivity index (χ3n) is 3.32. The Morgan fingerprint density at radius 2 is 2.24 bits per heavy atom. The molecule has 2 atom stereocenters. The number of nitrogens with two attached hydrogens (primary N) is 1. The van der Waals surface area contributed by atoms with E-state index in [9.17, 15) is 0 Å². The lowest BCUT2D eigenvalue weighted by atomic mass is 9.85. The number of ether oxygens (including phenoxy) is 2. The summed E-state index contributed by atoms with van der Waals surface area (Å²) in [7, 11) is 0. The monoisotopic (exact) mass is 235 g/mol. The number of hydrogen-bond acceptors (Lipinski definition) is 3. The highest BCUT2D eigenvalue weighted by atomic mass is 16.5. The fourth-order valence-corrected chi connectivity index (χ4v) is 2.47. The van der Waals surface area contributed by atoms with Crippen molar-refractivity contribution >= 4 is 0 Å². The summed E-state index contributed by atoms with van der Waals surface area (Å²) in [6.07, 6.45) is 1.78.